The molecule has 3 rings (SSSR count). The number of thiophene rings is 1. The summed E-state index contributed by atoms with van der Waals surface area (Å²) in [5, 5.41) is 7.34. The van der Waals surface area contributed by atoms with Crippen LogP contribution < -0.4 is 5.32 Å². The number of amides is 1. The molecule has 1 N–H and O–H groups in total. The first-order chi connectivity index (χ1) is 10.8. The minimum absolute atomic E-state index is 0.111. The van der Waals surface area contributed by atoms with Gasteiger partial charge in [0.05, 0.1) is 5.69 Å². The zero-order valence-electron chi connectivity index (χ0n) is 12.3. The third kappa shape index (κ3) is 4.24. The predicted molar refractivity (Wildman–Crippen MR) is 95.4 cm³/mol. The van der Waals surface area contributed by atoms with E-state index in [-0.39, 0.29) is 5.91 Å². The quantitative estimate of drug-likeness (QED) is 0.573. The lowest BCUT2D eigenvalue weighted by Crippen LogP contribution is -2.15. The van der Waals surface area contributed by atoms with E-state index >= 15 is 0 Å². The van der Waals surface area contributed by atoms with Gasteiger partial charge in [-0.15, -0.1) is 11.8 Å². The SMILES string of the molecule is O=C(CC1C=CCC1)Nc1ccccc1SCc1ccsc1. The van der Waals surface area contributed by atoms with Crippen molar-refractivity contribution >= 4 is 34.7 Å². The summed E-state index contributed by atoms with van der Waals surface area (Å²) in [6, 6.07) is 10.2. The molecule has 0 spiro atoms. The zero-order chi connectivity index (χ0) is 15.2. The van der Waals surface area contributed by atoms with Gasteiger partial charge in [-0.25, -0.2) is 0 Å². The number of carbonyl (C=O) groups is 1. The highest BCUT2D eigenvalue weighted by Crippen LogP contribution is 2.31. The minimum Gasteiger partial charge on any atom is -0.325 e. The Balaban J connectivity index is 1.60. The maximum Gasteiger partial charge on any atom is 0.224 e. The van der Waals surface area contributed by atoms with Gasteiger partial charge in [-0.3, -0.25) is 4.79 Å². The number of nitrogens with one attached hydrogen (secondary N) is 1. The van der Waals surface area contributed by atoms with E-state index in [1.807, 2.05) is 18.2 Å². The van der Waals surface area contributed by atoms with Crippen LogP contribution in [-0.2, 0) is 10.5 Å². The molecule has 2 nitrogen and oxygen atoms in total. The van der Waals surface area contributed by atoms with E-state index in [2.05, 4.69) is 40.4 Å². The van der Waals surface area contributed by atoms with Gasteiger partial charge < -0.3 is 5.32 Å². The molecule has 114 valence electrons. The summed E-state index contributed by atoms with van der Waals surface area (Å²) in [7, 11) is 0. The Morgan fingerprint density at radius 3 is 3.00 bits per heavy atom. The number of para-hydroxylation sites is 1. The molecular formula is C18H19NOS2. The fraction of sp³-hybridized carbons (Fsp3) is 0.278. The van der Waals surface area contributed by atoms with Crippen molar-refractivity contribution in [1.82, 2.24) is 0 Å². The Kier molecular flexibility index (Phi) is 5.35. The van der Waals surface area contributed by atoms with Crippen molar-refractivity contribution in [3.8, 4) is 0 Å². The number of carbonyl (C=O) groups excluding carboxylic acids is 1. The maximum atomic E-state index is 12.2. The van der Waals surface area contributed by atoms with Crippen LogP contribution in [0.2, 0.25) is 0 Å². The van der Waals surface area contributed by atoms with Crippen LogP contribution in [0.15, 0.2) is 58.1 Å². The Hall–Kier alpha value is -1.52. The zero-order valence-corrected chi connectivity index (χ0v) is 14.0. The fourth-order valence-corrected chi connectivity index (χ4v) is 4.26. The summed E-state index contributed by atoms with van der Waals surface area (Å²) in [6.45, 7) is 0. The summed E-state index contributed by atoms with van der Waals surface area (Å²) in [5.74, 6) is 1.45. The average molecular weight is 329 g/mol. The van der Waals surface area contributed by atoms with Crippen LogP contribution in [0.4, 0.5) is 5.69 Å². The first-order valence-electron chi connectivity index (χ1n) is 7.50. The van der Waals surface area contributed by atoms with Crippen LogP contribution in [0.5, 0.6) is 0 Å². The molecule has 0 fully saturated rings. The van der Waals surface area contributed by atoms with Gasteiger partial charge in [-0.1, -0.05) is 24.3 Å². The molecule has 1 aliphatic rings. The van der Waals surface area contributed by atoms with Crippen LogP contribution in [0, 0.1) is 5.92 Å². The molecule has 2 aromatic rings. The third-order valence-electron chi connectivity index (χ3n) is 3.70. The Labute approximate surface area is 139 Å². The largest absolute Gasteiger partial charge is 0.325 e. The third-order valence-corrected chi connectivity index (χ3v) is 5.57. The van der Waals surface area contributed by atoms with E-state index in [0.29, 0.717) is 12.3 Å². The minimum atomic E-state index is 0.111. The molecule has 1 aliphatic carbocycles. The van der Waals surface area contributed by atoms with Crippen LogP contribution in [0.25, 0.3) is 0 Å². The lowest BCUT2D eigenvalue weighted by Gasteiger charge is -2.12. The lowest BCUT2D eigenvalue weighted by atomic mass is 10.1. The van der Waals surface area contributed by atoms with Crippen LogP contribution in [-0.4, -0.2) is 5.91 Å². The van der Waals surface area contributed by atoms with Crippen molar-refractivity contribution in [2.45, 2.75) is 29.9 Å². The highest BCUT2D eigenvalue weighted by atomic mass is 32.2. The van der Waals surface area contributed by atoms with Gasteiger partial charge in [0.2, 0.25) is 5.91 Å². The van der Waals surface area contributed by atoms with Crippen molar-refractivity contribution in [2.75, 3.05) is 5.32 Å². The topological polar surface area (TPSA) is 29.1 Å². The highest BCUT2D eigenvalue weighted by Gasteiger charge is 2.15. The number of rotatable bonds is 6. The van der Waals surface area contributed by atoms with Crippen molar-refractivity contribution < 1.29 is 4.79 Å². The Bertz CT molecular complexity index is 649. The van der Waals surface area contributed by atoms with Crippen molar-refractivity contribution in [3.63, 3.8) is 0 Å². The van der Waals surface area contributed by atoms with E-state index in [9.17, 15) is 4.79 Å². The second kappa shape index (κ2) is 7.65. The lowest BCUT2D eigenvalue weighted by molar-refractivity contribution is -0.116. The van der Waals surface area contributed by atoms with E-state index in [1.165, 1.54) is 5.56 Å². The molecule has 1 amide bonds. The van der Waals surface area contributed by atoms with Gasteiger partial charge in [0.1, 0.15) is 0 Å². The summed E-state index contributed by atoms with van der Waals surface area (Å²) in [4.78, 5) is 13.3. The van der Waals surface area contributed by atoms with Crippen LogP contribution in [0.3, 0.4) is 0 Å². The predicted octanol–water partition coefficient (Wildman–Crippen LogP) is 5.34. The van der Waals surface area contributed by atoms with Crippen molar-refractivity contribution in [3.05, 3.63) is 58.8 Å². The van der Waals surface area contributed by atoms with Crippen molar-refractivity contribution in [2.24, 2.45) is 5.92 Å². The highest BCUT2D eigenvalue weighted by molar-refractivity contribution is 7.98. The Morgan fingerprint density at radius 2 is 2.23 bits per heavy atom. The molecule has 1 aromatic heterocycles. The van der Waals surface area contributed by atoms with Crippen LogP contribution >= 0.6 is 23.1 Å². The second-order valence-electron chi connectivity index (χ2n) is 5.43. The van der Waals surface area contributed by atoms with Gasteiger partial charge in [0.15, 0.2) is 0 Å². The number of thioether (sulfide) groups is 1. The molecule has 22 heavy (non-hydrogen) atoms. The Morgan fingerprint density at radius 1 is 1.32 bits per heavy atom. The summed E-state index contributed by atoms with van der Waals surface area (Å²) < 4.78 is 0. The molecule has 0 saturated heterocycles. The van der Waals surface area contributed by atoms with Gasteiger partial charge in [0.25, 0.3) is 0 Å². The normalized spacial score (nSPS) is 16.8. The number of hydrogen-bond donors (Lipinski definition) is 1. The molecule has 1 aromatic carbocycles. The molecular weight excluding hydrogens is 310 g/mol. The first kappa shape index (κ1) is 15.4. The van der Waals surface area contributed by atoms with E-state index in [0.717, 1.165) is 29.2 Å². The van der Waals surface area contributed by atoms with Crippen molar-refractivity contribution in [1.29, 1.82) is 0 Å². The molecule has 0 aliphatic heterocycles. The van der Waals surface area contributed by atoms with Gasteiger partial charge in [-0.05, 0) is 53.3 Å². The van der Waals surface area contributed by atoms with E-state index in [1.54, 1.807) is 23.1 Å². The number of benzene rings is 1. The maximum absolute atomic E-state index is 12.2. The first-order valence-corrected chi connectivity index (χ1v) is 9.43. The summed E-state index contributed by atoms with van der Waals surface area (Å²) in [6.07, 6.45) is 7.12. The molecule has 1 heterocycles. The monoisotopic (exact) mass is 329 g/mol. The van der Waals surface area contributed by atoms with Gasteiger partial charge in [0, 0.05) is 17.1 Å². The number of anilines is 1. The molecule has 4 heteroatoms. The van der Waals surface area contributed by atoms with E-state index < -0.39 is 0 Å². The summed E-state index contributed by atoms with van der Waals surface area (Å²) >= 11 is 3.49. The fourth-order valence-electron chi connectivity index (χ4n) is 2.54. The molecule has 1 unspecified atom stereocenters. The molecule has 1 atom stereocenters. The van der Waals surface area contributed by atoms with E-state index in [4.69, 9.17) is 0 Å². The molecule has 0 bridgehead atoms. The second-order valence-corrected chi connectivity index (χ2v) is 7.23. The smallest absolute Gasteiger partial charge is 0.224 e. The number of allylic oxidation sites excluding steroid dienone is 2. The standard InChI is InChI=1S/C18H19NOS2/c20-18(11-14-5-1-2-6-14)19-16-7-3-4-8-17(16)22-13-15-9-10-21-12-15/h1,3-5,7-10,12,14H,2,6,11,13H2,(H,19,20). The van der Waals surface area contributed by atoms with Gasteiger partial charge in [-0.2, -0.15) is 11.3 Å². The van der Waals surface area contributed by atoms with Crippen LogP contribution in [0.1, 0.15) is 24.8 Å². The summed E-state index contributed by atoms with van der Waals surface area (Å²) in [5.41, 5.74) is 2.25. The molecule has 0 radical (unpaired) electrons. The number of hydrogen-bond acceptors (Lipinski definition) is 3. The molecule has 0 saturated carbocycles. The van der Waals surface area contributed by atoms with Gasteiger partial charge >= 0.3 is 0 Å². The average Bonchev–Trinajstić information content (AvgIpc) is 3.19.